The van der Waals surface area contributed by atoms with Gasteiger partial charge in [0.25, 0.3) is 0 Å². The van der Waals surface area contributed by atoms with E-state index in [0.29, 0.717) is 10.9 Å². The fourth-order valence-corrected chi connectivity index (χ4v) is 2.47. The molecule has 2 aromatic carbocycles. The van der Waals surface area contributed by atoms with Crippen molar-refractivity contribution in [2.24, 2.45) is 5.73 Å². The van der Waals surface area contributed by atoms with Gasteiger partial charge in [-0.15, -0.1) is 0 Å². The maximum Gasteiger partial charge on any atom is 0.106 e. The molecule has 0 aliphatic carbocycles. The molecule has 0 saturated heterocycles. The number of nitrogens with two attached hydrogens (primary N) is 1. The van der Waals surface area contributed by atoms with E-state index >= 15 is 0 Å². The Kier molecular flexibility index (Phi) is 4.78. The van der Waals surface area contributed by atoms with Crippen LogP contribution in [0.15, 0.2) is 46.9 Å². The van der Waals surface area contributed by atoms with Gasteiger partial charge in [-0.3, -0.25) is 0 Å². The third-order valence-corrected chi connectivity index (χ3v) is 3.82. The molecule has 0 radical (unpaired) electrons. The zero-order valence-corrected chi connectivity index (χ0v) is 13.9. The molecule has 2 nitrogen and oxygen atoms in total. The number of hydrogen-bond donors (Lipinski definition) is 2. The van der Waals surface area contributed by atoms with Gasteiger partial charge in [-0.05, 0) is 41.8 Å². The second-order valence-electron chi connectivity index (χ2n) is 4.96. The molecule has 0 saturated carbocycles. The first kappa shape index (κ1) is 15.0. The van der Waals surface area contributed by atoms with Gasteiger partial charge in [0.1, 0.15) is 4.99 Å². The van der Waals surface area contributed by atoms with E-state index in [4.69, 9.17) is 18.0 Å². The first-order valence-electron chi connectivity index (χ1n) is 6.43. The number of hydrogen-bond acceptors (Lipinski definition) is 2. The van der Waals surface area contributed by atoms with Gasteiger partial charge in [0.05, 0.1) is 0 Å². The van der Waals surface area contributed by atoms with Crippen molar-refractivity contribution in [1.29, 1.82) is 0 Å². The maximum atomic E-state index is 5.77. The molecule has 0 aliphatic rings. The summed E-state index contributed by atoms with van der Waals surface area (Å²) in [6.45, 7) is 4.37. The normalized spacial score (nSPS) is 10.6. The molecular weight excluding hydrogens is 332 g/mol. The van der Waals surface area contributed by atoms with E-state index < -0.39 is 0 Å². The van der Waals surface area contributed by atoms with Crippen molar-refractivity contribution in [3.05, 3.63) is 58.1 Å². The van der Waals surface area contributed by atoms with Crippen LogP contribution in [-0.2, 0) is 0 Å². The number of nitrogens with one attached hydrogen (secondary N) is 1. The molecule has 0 fully saturated rings. The van der Waals surface area contributed by atoms with Crippen molar-refractivity contribution >= 4 is 44.5 Å². The maximum absolute atomic E-state index is 5.77. The molecule has 20 heavy (non-hydrogen) atoms. The number of benzene rings is 2. The molecule has 0 heterocycles. The van der Waals surface area contributed by atoms with Crippen LogP contribution in [0.2, 0.25) is 0 Å². The molecule has 0 atom stereocenters. The Hall–Kier alpha value is -1.39. The summed E-state index contributed by atoms with van der Waals surface area (Å²) in [6, 6.07) is 14.3. The first-order valence-corrected chi connectivity index (χ1v) is 7.64. The van der Waals surface area contributed by atoms with Gasteiger partial charge >= 0.3 is 0 Å². The number of anilines is 2. The lowest BCUT2D eigenvalue weighted by molar-refractivity contribution is 0.867. The second-order valence-corrected chi connectivity index (χ2v) is 6.31. The van der Waals surface area contributed by atoms with Crippen LogP contribution >= 0.6 is 28.1 Å². The lowest BCUT2D eigenvalue weighted by atomic mass is 10.0. The van der Waals surface area contributed by atoms with E-state index in [0.717, 1.165) is 21.4 Å². The molecule has 0 aromatic heterocycles. The Bertz CT molecular complexity index is 621. The highest BCUT2D eigenvalue weighted by Gasteiger charge is 2.07. The summed E-state index contributed by atoms with van der Waals surface area (Å²) >= 11 is 8.53. The molecule has 0 spiro atoms. The van der Waals surface area contributed by atoms with Crippen LogP contribution in [0.1, 0.15) is 30.9 Å². The average Bonchev–Trinajstić information content (AvgIpc) is 2.41. The van der Waals surface area contributed by atoms with Crippen LogP contribution in [0.25, 0.3) is 0 Å². The Morgan fingerprint density at radius 1 is 1.15 bits per heavy atom. The van der Waals surface area contributed by atoms with Crippen molar-refractivity contribution < 1.29 is 0 Å². The smallest absolute Gasteiger partial charge is 0.106 e. The topological polar surface area (TPSA) is 38.0 Å². The summed E-state index contributed by atoms with van der Waals surface area (Å²) in [5.41, 5.74) is 9.86. The van der Waals surface area contributed by atoms with Gasteiger partial charge in [-0.25, -0.2) is 0 Å². The monoisotopic (exact) mass is 348 g/mol. The van der Waals surface area contributed by atoms with Crippen LogP contribution < -0.4 is 11.1 Å². The van der Waals surface area contributed by atoms with E-state index in [2.05, 4.69) is 59.4 Å². The molecule has 0 amide bonds. The Morgan fingerprint density at radius 3 is 2.35 bits per heavy atom. The minimum atomic E-state index is 0.382. The van der Waals surface area contributed by atoms with E-state index in [1.807, 2.05) is 18.2 Å². The Labute approximate surface area is 133 Å². The lowest BCUT2D eigenvalue weighted by Crippen LogP contribution is -2.12. The standard InChI is InChI=1S/C16H17BrN2S/c1-10(2)11-3-6-13(7-4-11)19-15-8-5-12(17)9-14(15)16(18)20/h3-10,19H,1-2H3,(H2,18,20). The minimum Gasteiger partial charge on any atom is -0.389 e. The van der Waals surface area contributed by atoms with Crippen molar-refractivity contribution in [2.45, 2.75) is 19.8 Å². The highest BCUT2D eigenvalue weighted by Crippen LogP contribution is 2.25. The highest BCUT2D eigenvalue weighted by atomic mass is 79.9. The third-order valence-electron chi connectivity index (χ3n) is 3.10. The predicted molar refractivity (Wildman–Crippen MR) is 93.8 cm³/mol. The van der Waals surface area contributed by atoms with E-state index in [1.165, 1.54) is 5.56 Å². The fraction of sp³-hybridized carbons (Fsp3) is 0.188. The molecule has 0 unspecified atom stereocenters. The van der Waals surface area contributed by atoms with Crippen LogP contribution in [0.5, 0.6) is 0 Å². The van der Waals surface area contributed by atoms with Crippen molar-refractivity contribution in [1.82, 2.24) is 0 Å². The minimum absolute atomic E-state index is 0.382. The SMILES string of the molecule is CC(C)c1ccc(Nc2ccc(Br)cc2C(N)=S)cc1. The fourth-order valence-electron chi connectivity index (χ4n) is 1.94. The Morgan fingerprint density at radius 2 is 1.80 bits per heavy atom. The third kappa shape index (κ3) is 3.58. The van der Waals surface area contributed by atoms with Crippen LogP contribution in [-0.4, -0.2) is 4.99 Å². The second kappa shape index (κ2) is 6.37. The zero-order valence-electron chi connectivity index (χ0n) is 11.5. The van der Waals surface area contributed by atoms with Crippen molar-refractivity contribution in [2.75, 3.05) is 5.32 Å². The summed E-state index contributed by atoms with van der Waals surface area (Å²) in [5.74, 6) is 0.531. The average molecular weight is 349 g/mol. The van der Waals surface area contributed by atoms with E-state index in [1.54, 1.807) is 0 Å². The van der Waals surface area contributed by atoms with Crippen LogP contribution in [0, 0.1) is 0 Å². The summed E-state index contributed by atoms with van der Waals surface area (Å²) < 4.78 is 0.959. The summed E-state index contributed by atoms with van der Waals surface area (Å²) in [4.78, 5) is 0.382. The number of thiocarbonyl (C=S) groups is 1. The molecule has 0 bridgehead atoms. The van der Waals surface area contributed by atoms with Gasteiger partial charge in [-0.1, -0.05) is 54.1 Å². The quantitative estimate of drug-likeness (QED) is 0.767. The van der Waals surface area contributed by atoms with Gasteiger partial charge < -0.3 is 11.1 Å². The lowest BCUT2D eigenvalue weighted by Gasteiger charge is -2.13. The number of halogens is 1. The van der Waals surface area contributed by atoms with E-state index in [9.17, 15) is 0 Å². The van der Waals surface area contributed by atoms with Crippen molar-refractivity contribution in [3.63, 3.8) is 0 Å². The summed E-state index contributed by atoms with van der Waals surface area (Å²) in [5, 5.41) is 3.36. The Balaban J connectivity index is 2.28. The molecular formula is C16H17BrN2S. The molecule has 0 aliphatic heterocycles. The van der Waals surface area contributed by atoms with Gasteiger partial charge in [-0.2, -0.15) is 0 Å². The molecule has 2 aromatic rings. The summed E-state index contributed by atoms with van der Waals surface area (Å²) in [7, 11) is 0. The van der Waals surface area contributed by atoms with Gasteiger partial charge in [0, 0.05) is 21.4 Å². The molecule has 2 rings (SSSR count). The predicted octanol–water partition coefficient (Wildman–Crippen LogP) is 4.95. The van der Waals surface area contributed by atoms with Gasteiger partial charge in [0.2, 0.25) is 0 Å². The summed E-state index contributed by atoms with van der Waals surface area (Å²) in [6.07, 6.45) is 0. The number of rotatable bonds is 4. The largest absolute Gasteiger partial charge is 0.389 e. The molecule has 104 valence electrons. The van der Waals surface area contributed by atoms with Crippen molar-refractivity contribution in [3.8, 4) is 0 Å². The zero-order chi connectivity index (χ0) is 14.7. The van der Waals surface area contributed by atoms with Crippen LogP contribution in [0.3, 0.4) is 0 Å². The van der Waals surface area contributed by atoms with Gasteiger partial charge in [0.15, 0.2) is 0 Å². The van der Waals surface area contributed by atoms with E-state index in [-0.39, 0.29) is 0 Å². The molecule has 3 N–H and O–H groups in total. The highest BCUT2D eigenvalue weighted by molar-refractivity contribution is 9.10. The first-order chi connectivity index (χ1) is 9.47. The van der Waals surface area contributed by atoms with Crippen LogP contribution in [0.4, 0.5) is 11.4 Å². The molecule has 4 heteroatoms.